The van der Waals surface area contributed by atoms with Gasteiger partial charge in [0.05, 0.1) is 15.9 Å². The molecule has 0 radical (unpaired) electrons. The molecule has 1 aromatic carbocycles. The molecule has 4 nitrogen and oxygen atoms in total. The molecule has 3 aromatic rings. The maximum atomic E-state index is 4.58. The minimum absolute atomic E-state index is 0.309. The first-order chi connectivity index (χ1) is 9.20. The van der Waals surface area contributed by atoms with E-state index < -0.39 is 0 Å². The number of hydrogen-bond donors (Lipinski definition) is 2. The Kier molecular flexibility index (Phi) is 3.21. The van der Waals surface area contributed by atoms with Crippen molar-refractivity contribution in [3.05, 3.63) is 41.7 Å². The predicted octanol–water partition coefficient (Wildman–Crippen LogP) is 3.37. The fourth-order valence-electron chi connectivity index (χ4n) is 2.09. The zero-order valence-electron chi connectivity index (χ0n) is 11.0. The zero-order valence-corrected chi connectivity index (χ0v) is 11.8. The van der Waals surface area contributed by atoms with Gasteiger partial charge in [0.2, 0.25) is 0 Å². The van der Waals surface area contributed by atoms with E-state index in [1.807, 2.05) is 25.1 Å². The third-order valence-corrected chi connectivity index (χ3v) is 3.91. The number of benzene rings is 1. The molecule has 2 heterocycles. The fraction of sp³-hybridized carbons (Fsp3) is 0.286. The second-order valence-corrected chi connectivity index (χ2v) is 5.81. The summed E-state index contributed by atoms with van der Waals surface area (Å²) in [4.78, 5) is 4.58. The van der Waals surface area contributed by atoms with Crippen LogP contribution in [0.2, 0.25) is 0 Å². The monoisotopic (exact) mass is 272 g/mol. The molecule has 0 aliphatic heterocycles. The van der Waals surface area contributed by atoms with Crippen LogP contribution in [0.1, 0.15) is 18.3 Å². The summed E-state index contributed by atoms with van der Waals surface area (Å²) in [5.74, 6) is 0. The van der Waals surface area contributed by atoms with Crippen LogP contribution >= 0.6 is 11.3 Å². The molecule has 5 heteroatoms. The molecule has 3 rings (SSSR count). The second kappa shape index (κ2) is 5.01. The van der Waals surface area contributed by atoms with Gasteiger partial charge in [-0.2, -0.15) is 5.10 Å². The molecule has 98 valence electrons. The smallest absolute Gasteiger partial charge is 0.184 e. The van der Waals surface area contributed by atoms with Crippen LogP contribution in [0.5, 0.6) is 0 Å². The highest BCUT2D eigenvalue weighted by atomic mass is 32.1. The second-order valence-electron chi connectivity index (χ2n) is 4.78. The summed E-state index contributed by atoms with van der Waals surface area (Å²) in [7, 11) is 0. The van der Waals surface area contributed by atoms with Crippen LogP contribution in [-0.2, 0) is 6.42 Å². The molecule has 1 atom stereocenters. The van der Waals surface area contributed by atoms with E-state index in [-0.39, 0.29) is 0 Å². The molecule has 0 saturated heterocycles. The molecule has 0 aliphatic rings. The molecule has 19 heavy (non-hydrogen) atoms. The zero-order chi connectivity index (χ0) is 13.2. The maximum absolute atomic E-state index is 4.58. The van der Waals surface area contributed by atoms with Gasteiger partial charge >= 0.3 is 0 Å². The summed E-state index contributed by atoms with van der Waals surface area (Å²) < 4.78 is 1.22. The molecule has 2 aromatic heterocycles. The predicted molar refractivity (Wildman–Crippen MR) is 79.7 cm³/mol. The van der Waals surface area contributed by atoms with Crippen LogP contribution < -0.4 is 5.32 Å². The Labute approximate surface area is 115 Å². The lowest BCUT2D eigenvalue weighted by molar-refractivity contribution is 0.764. The molecule has 0 fully saturated rings. The number of hydrogen-bond acceptors (Lipinski definition) is 4. The molecule has 1 unspecified atom stereocenters. The van der Waals surface area contributed by atoms with Crippen LogP contribution in [0.4, 0.5) is 5.13 Å². The van der Waals surface area contributed by atoms with Gasteiger partial charge in [-0.05, 0) is 32.0 Å². The van der Waals surface area contributed by atoms with Crippen LogP contribution in [0.25, 0.3) is 10.2 Å². The van der Waals surface area contributed by atoms with Crippen molar-refractivity contribution in [3.63, 3.8) is 0 Å². The number of nitrogens with zero attached hydrogens (tertiary/aromatic N) is 2. The Balaban J connectivity index is 1.70. The Bertz CT molecular complexity index is 652. The molecule has 2 N–H and O–H groups in total. The normalized spacial score (nSPS) is 12.7. The highest BCUT2D eigenvalue weighted by Crippen LogP contribution is 2.26. The minimum atomic E-state index is 0.309. The number of aryl methyl sites for hydroxylation is 1. The number of fused-ring (bicyclic) bond motifs is 1. The van der Waals surface area contributed by atoms with Crippen molar-refractivity contribution < 1.29 is 0 Å². The number of aromatic nitrogens is 3. The highest BCUT2D eigenvalue weighted by molar-refractivity contribution is 7.22. The number of H-pyrrole nitrogens is 1. The number of para-hydroxylation sites is 1. The van der Waals surface area contributed by atoms with Gasteiger partial charge in [-0.1, -0.05) is 23.5 Å². The van der Waals surface area contributed by atoms with Crippen molar-refractivity contribution >= 4 is 26.7 Å². The quantitative estimate of drug-likeness (QED) is 0.765. The van der Waals surface area contributed by atoms with E-state index in [1.165, 1.54) is 4.70 Å². The van der Waals surface area contributed by atoms with Crippen LogP contribution in [0, 0.1) is 6.92 Å². The summed E-state index contributed by atoms with van der Waals surface area (Å²) in [5.41, 5.74) is 3.23. The fourth-order valence-corrected chi connectivity index (χ4v) is 3.07. The topological polar surface area (TPSA) is 53.6 Å². The van der Waals surface area contributed by atoms with Gasteiger partial charge < -0.3 is 5.32 Å². The molecular formula is C14H16N4S. The van der Waals surface area contributed by atoms with E-state index in [1.54, 1.807) is 11.3 Å². The lowest BCUT2D eigenvalue weighted by atomic mass is 10.2. The lowest BCUT2D eigenvalue weighted by Crippen LogP contribution is -2.18. The van der Waals surface area contributed by atoms with E-state index in [2.05, 4.69) is 39.6 Å². The molecule has 0 bridgehead atoms. The van der Waals surface area contributed by atoms with Crippen molar-refractivity contribution in [1.29, 1.82) is 0 Å². The van der Waals surface area contributed by atoms with Gasteiger partial charge in [0.25, 0.3) is 0 Å². The third kappa shape index (κ3) is 2.76. The van der Waals surface area contributed by atoms with Crippen molar-refractivity contribution in [3.8, 4) is 0 Å². The molecule has 0 saturated carbocycles. The molecule has 0 aliphatic carbocycles. The SMILES string of the molecule is Cc1cc(CC(C)Nc2nc3ccccc3s2)n[nH]1. The first-order valence-corrected chi connectivity index (χ1v) is 7.15. The Morgan fingerprint density at radius 3 is 2.95 bits per heavy atom. The first kappa shape index (κ1) is 12.2. The van der Waals surface area contributed by atoms with Crippen molar-refractivity contribution in [2.45, 2.75) is 26.3 Å². The molecule has 0 spiro atoms. The standard InChI is InChI=1S/C14H16N4S/c1-9(7-11-8-10(2)17-18-11)15-14-16-12-5-3-4-6-13(12)19-14/h3-6,8-9H,7H2,1-2H3,(H,15,16)(H,17,18). The van der Waals surface area contributed by atoms with E-state index in [0.717, 1.165) is 28.5 Å². The van der Waals surface area contributed by atoms with Gasteiger partial charge in [0.15, 0.2) is 5.13 Å². The summed E-state index contributed by atoms with van der Waals surface area (Å²) in [6, 6.07) is 10.6. The molecule has 0 amide bonds. The number of anilines is 1. The Hall–Kier alpha value is -1.88. The third-order valence-electron chi connectivity index (χ3n) is 2.94. The summed E-state index contributed by atoms with van der Waals surface area (Å²) in [6.45, 7) is 4.16. The van der Waals surface area contributed by atoms with E-state index in [9.17, 15) is 0 Å². The van der Waals surface area contributed by atoms with E-state index in [4.69, 9.17) is 0 Å². The van der Waals surface area contributed by atoms with Crippen molar-refractivity contribution in [2.75, 3.05) is 5.32 Å². The molecular weight excluding hydrogens is 256 g/mol. The maximum Gasteiger partial charge on any atom is 0.184 e. The van der Waals surface area contributed by atoms with Gasteiger partial charge in [-0.15, -0.1) is 0 Å². The number of rotatable bonds is 4. The Morgan fingerprint density at radius 2 is 2.21 bits per heavy atom. The minimum Gasteiger partial charge on any atom is -0.359 e. The average molecular weight is 272 g/mol. The van der Waals surface area contributed by atoms with E-state index >= 15 is 0 Å². The summed E-state index contributed by atoms with van der Waals surface area (Å²) in [6.07, 6.45) is 0.889. The van der Waals surface area contributed by atoms with Gasteiger partial charge in [-0.3, -0.25) is 5.10 Å². The van der Waals surface area contributed by atoms with Crippen molar-refractivity contribution in [2.24, 2.45) is 0 Å². The Morgan fingerprint density at radius 1 is 1.37 bits per heavy atom. The van der Waals surface area contributed by atoms with Gasteiger partial charge in [-0.25, -0.2) is 4.98 Å². The lowest BCUT2D eigenvalue weighted by Gasteiger charge is -2.10. The van der Waals surface area contributed by atoms with E-state index in [0.29, 0.717) is 6.04 Å². The van der Waals surface area contributed by atoms with Crippen molar-refractivity contribution in [1.82, 2.24) is 15.2 Å². The first-order valence-electron chi connectivity index (χ1n) is 6.34. The highest BCUT2D eigenvalue weighted by Gasteiger charge is 2.09. The average Bonchev–Trinajstić information content (AvgIpc) is 2.94. The van der Waals surface area contributed by atoms with Gasteiger partial charge in [0, 0.05) is 18.2 Å². The number of thiazole rings is 1. The van der Waals surface area contributed by atoms with Gasteiger partial charge in [0.1, 0.15) is 0 Å². The van der Waals surface area contributed by atoms with Crippen LogP contribution in [0.3, 0.4) is 0 Å². The largest absolute Gasteiger partial charge is 0.359 e. The van der Waals surface area contributed by atoms with Crippen LogP contribution in [-0.4, -0.2) is 21.2 Å². The summed E-state index contributed by atoms with van der Waals surface area (Å²) >= 11 is 1.69. The summed E-state index contributed by atoms with van der Waals surface area (Å²) in [5, 5.41) is 11.6. The number of aromatic amines is 1. The van der Waals surface area contributed by atoms with Crippen LogP contribution in [0.15, 0.2) is 30.3 Å². The number of nitrogens with one attached hydrogen (secondary N) is 2.